The van der Waals surface area contributed by atoms with Crippen LogP contribution in [0.1, 0.15) is 17.5 Å². The summed E-state index contributed by atoms with van der Waals surface area (Å²) in [5.74, 6) is -0.697. The molecule has 0 aromatic heterocycles. The van der Waals surface area contributed by atoms with Crippen molar-refractivity contribution in [2.45, 2.75) is 19.9 Å². The van der Waals surface area contributed by atoms with Gasteiger partial charge in [0.1, 0.15) is 5.75 Å². The van der Waals surface area contributed by atoms with Gasteiger partial charge in [0.25, 0.3) is 0 Å². The molecule has 1 aliphatic rings. The number of hydrogen-bond donors (Lipinski definition) is 2. The molecule has 1 aromatic rings. The Bertz CT molecular complexity index is 431. The highest BCUT2D eigenvalue weighted by Crippen LogP contribution is 2.24. The van der Waals surface area contributed by atoms with Crippen molar-refractivity contribution in [3.63, 3.8) is 0 Å². The molecule has 1 aromatic carbocycles. The van der Waals surface area contributed by atoms with Crippen LogP contribution in [0.15, 0.2) is 18.2 Å². The summed E-state index contributed by atoms with van der Waals surface area (Å²) >= 11 is 0. The second kappa shape index (κ2) is 4.75. The Morgan fingerprint density at radius 1 is 1.53 bits per heavy atom. The van der Waals surface area contributed by atoms with Crippen molar-refractivity contribution in [2.75, 3.05) is 13.1 Å². The maximum Gasteiger partial charge on any atom is 0.307 e. The molecule has 0 saturated carbocycles. The number of nitrogens with zero attached hydrogens (tertiary/aromatic N) is 1. The molecule has 0 spiro atoms. The Hall–Kier alpha value is -1.55. The number of carbonyl (C=O) groups is 1. The van der Waals surface area contributed by atoms with E-state index < -0.39 is 5.97 Å². The van der Waals surface area contributed by atoms with Crippen LogP contribution >= 0.6 is 0 Å². The number of phenols is 1. The van der Waals surface area contributed by atoms with Crippen molar-refractivity contribution in [3.05, 3.63) is 29.3 Å². The van der Waals surface area contributed by atoms with Crippen LogP contribution in [0.4, 0.5) is 0 Å². The number of carboxylic acids is 1. The molecule has 2 rings (SSSR count). The average molecular weight is 235 g/mol. The highest BCUT2D eigenvalue weighted by Gasteiger charge is 2.28. The van der Waals surface area contributed by atoms with Gasteiger partial charge in [-0.15, -0.1) is 0 Å². The average Bonchev–Trinajstić information content (AvgIpc) is 2.72. The lowest BCUT2D eigenvalue weighted by Crippen LogP contribution is -2.22. The maximum atomic E-state index is 10.8. The zero-order valence-electron chi connectivity index (χ0n) is 9.89. The van der Waals surface area contributed by atoms with Gasteiger partial charge in [0.2, 0.25) is 0 Å². The molecule has 4 nitrogen and oxygen atoms in total. The monoisotopic (exact) mass is 235 g/mol. The minimum atomic E-state index is -0.721. The molecule has 1 fully saturated rings. The Kier molecular flexibility index (Phi) is 3.33. The van der Waals surface area contributed by atoms with Crippen molar-refractivity contribution in [1.82, 2.24) is 4.90 Å². The van der Waals surface area contributed by atoms with Crippen molar-refractivity contribution < 1.29 is 15.0 Å². The standard InChI is InChI=1S/C13H17NO3/c1-9-2-3-12(15)11(6-9)8-14-5-4-10(7-14)13(16)17/h2-3,6,10,15H,4-5,7-8H2,1H3,(H,16,17). The fraction of sp³-hybridized carbons (Fsp3) is 0.462. The zero-order valence-corrected chi connectivity index (χ0v) is 9.89. The molecule has 92 valence electrons. The number of aromatic hydroxyl groups is 1. The van der Waals surface area contributed by atoms with Crippen LogP contribution in [0.25, 0.3) is 0 Å². The van der Waals surface area contributed by atoms with Crippen LogP contribution in [0, 0.1) is 12.8 Å². The molecule has 1 aliphatic heterocycles. The van der Waals surface area contributed by atoms with Crippen molar-refractivity contribution in [3.8, 4) is 5.75 Å². The van der Waals surface area contributed by atoms with Gasteiger partial charge in [-0.3, -0.25) is 9.69 Å². The Balaban J connectivity index is 2.02. The lowest BCUT2D eigenvalue weighted by molar-refractivity contribution is -0.141. The summed E-state index contributed by atoms with van der Waals surface area (Å²) in [6, 6.07) is 5.50. The summed E-state index contributed by atoms with van der Waals surface area (Å²) in [5.41, 5.74) is 1.97. The topological polar surface area (TPSA) is 60.8 Å². The van der Waals surface area contributed by atoms with Gasteiger partial charge >= 0.3 is 5.97 Å². The van der Waals surface area contributed by atoms with E-state index in [1.54, 1.807) is 6.07 Å². The molecule has 0 amide bonds. The van der Waals surface area contributed by atoms with E-state index in [1.165, 1.54) is 0 Å². The summed E-state index contributed by atoms with van der Waals surface area (Å²) in [4.78, 5) is 12.9. The zero-order chi connectivity index (χ0) is 12.4. The Labute approximate surface area is 100 Å². The highest BCUT2D eigenvalue weighted by molar-refractivity contribution is 5.70. The minimum absolute atomic E-state index is 0.262. The fourth-order valence-corrected chi connectivity index (χ4v) is 2.26. The van der Waals surface area contributed by atoms with E-state index in [4.69, 9.17) is 5.11 Å². The van der Waals surface area contributed by atoms with Gasteiger partial charge < -0.3 is 10.2 Å². The Morgan fingerprint density at radius 3 is 2.94 bits per heavy atom. The van der Waals surface area contributed by atoms with Gasteiger partial charge in [0.05, 0.1) is 5.92 Å². The number of hydrogen-bond acceptors (Lipinski definition) is 3. The van der Waals surface area contributed by atoms with E-state index in [0.29, 0.717) is 19.5 Å². The predicted molar refractivity (Wildman–Crippen MR) is 63.9 cm³/mol. The van der Waals surface area contributed by atoms with Crippen LogP contribution in [-0.4, -0.2) is 34.2 Å². The van der Waals surface area contributed by atoms with Crippen LogP contribution in [0.3, 0.4) is 0 Å². The molecule has 0 aliphatic carbocycles. The quantitative estimate of drug-likeness (QED) is 0.835. The van der Waals surface area contributed by atoms with Gasteiger partial charge in [-0.25, -0.2) is 0 Å². The summed E-state index contributed by atoms with van der Waals surface area (Å²) in [7, 11) is 0. The lowest BCUT2D eigenvalue weighted by atomic mass is 10.1. The highest BCUT2D eigenvalue weighted by atomic mass is 16.4. The normalized spacial score (nSPS) is 20.6. The summed E-state index contributed by atoms with van der Waals surface area (Å²) in [6.45, 7) is 3.96. The number of phenolic OH excluding ortho intramolecular Hbond substituents is 1. The summed E-state index contributed by atoms with van der Waals surface area (Å²) in [5, 5.41) is 18.6. The Morgan fingerprint density at radius 2 is 2.29 bits per heavy atom. The van der Waals surface area contributed by atoms with Crippen molar-refractivity contribution in [1.29, 1.82) is 0 Å². The molecule has 1 saturated heterocycles. The second-order valence-electron chi connectivity index (χ2n) is 4.69. The second-order valence-corrected chi connectivity index (χ2v) is 4.69. The van der Waals surface area contributed by atoms with Crippen LogP contribution in [-0.2, 0) is 11.3 Å². The number of aryl methyl sites for hydroxylation is 1. The third-order valence-electron chi connectivity index (χ3n) is 3.25. The number of aliphatic carboxylic acids is 1. The van der Waals surface area contributed by atoms with E-state index in [9.17, 15) is 9.90 Å². The van der Waals surface area contributed by atoms with Crippen molar-refractivity contribution >= 4 is 5.97 Å². The summed E-state index contributed by atoms with van der Waals surface area (Å²) in [6.07, 6.45) is 0.696. The predicted octanol–water partition coefficient (Wildman–Crippen LogP) is 1.61. The van der Waals surface area contributed by atoms with E-state index in [0.717, 1.165) is 17.7 Å². The third kappa shape index (κ3) is 2.77. The number of likely N-dealkylation sites (tertiary alicyclic amines) is 1. The smallest absolute Gasteiger partial charge is 0.307 e. The molecule has 1 atom stereocenters. The van der Waals surface area contributed by atoms with E-state index in [-0.39, 0.29) is 11.7 Å². The lowest BCUT2D eigenvalue weighted by Gasteiger charge is -2.16. The largest absolute Gasteiger partial charge is 0.508 e. The fourth-order valence-electron chi connectivity index (χ4n) is 2.26. The van der Waals surface area contributed by atoms with E-state index in [2.05, 4.69) is 4.90 Å². The molecule has 0 radical (unpaired) electrons. The molecule has 17 heavy (non-hydrogen) atoms. The first kappa shape index (κ1) is 11.9. The first-order valence-electron chi connectivity index (χ1n) is 5.80. The maximum absolute atomic E-state index is 10.8. The number of benzene rings is 1. The van der Waals surface area contributed by atoms with E-state index >= 15 is 0 Å². The molecule has 2 N–H and O–H groups in total. The van der Waals surface area contributed by atoms with Gasteiger partial charge in [-0.1, -0.05) is 17.7 Å². The minimum Gasteiger partial charge on any atom is -0.508 e. The molecule has 0 bridgehead atoms. The summed E-state index contributed by atoms with van der Waals surface area (Å²) < 4.78 is 0. The van der Waals surface area contributed by atoms with Gasteiger partial charge in [0.15, 0.2) is 0 Å². The molecular weight excluding hydrogens is 218 g/mol. The van der Waals surface area contributed by atoms with E-state index in [1.807, 2.05) is 19.1 Å². The van der Waals surface area contributed by atoms with Gasteiger partial charge in [0, 0.05) is 18.7 Å². The first-order chi connectivity index (χ1) is 8.06. The molecular formula is C13H17NO3. The SMILES string of the molecule is Cc1ccc(O)c(CN2CCC(C(=O)O)C2)c1. The molecule has 4 heteroatoms. The van der Waals surface area contributed by atoms with Crippen LogP contribution in [0.5, 0.6) is 5.75 Å². The number of carboxylic acid groups (broad SMARTS) is 1. The van der Waals surface area contributed by atoms with Crippen molar-refractivity contribution in [2.24, 2.45) is 5.92 Å². The first-order valence-corrected chi connectivity index (χ1v) is 5.80. The third-order valence-corrected chi connectivity index (χ3v) is 3.25. The van der Waals surface area contributed by atoms with Gasteiger partial charge in [-0.2, -0.15) is 0 Å². The molecule has 1 heterocycles. The molecule has 1 unspecified atom stereocenters. The van der Waals surface area contributed by atoms with Crippen LogP contribution < -0.4 is 0 Å². The van der Waals surface area contributed by atoms with Crippen LogP contribution in [0.2, 0.25) is 0 Å². The number of rotatable bonds is 3. The van der Waals surface area contributed by atoms with Gasteiger partial charge in [-0.05, 0) is 26.0 Å².